The fourth-order valence-electron chi connectivity index (χ4n) is 2.44. The predicted molar refractivity (Wildman–Crippen MR) is 100 cm³/mol. The summed E-state index contributed by atoms with van der Waals surface area (Å²) in [6.07, 6.45) is 1.36. The highest BCUT2D eigenvalue weighted by Crippen LogP contribution is 2.27. The number of benzene rings is 3. The van der Waals surface area contributed by atoms with Crippen molar-refractivity contribution in [2.24, 2.45) is 5.10 Å². The quantitative estimate of drug-likeness (QED) is 0.489. The fraction of sp³-hybridized carbons (Fsp3) is 0.0500. The summed E-state index contributed by atoms with van der Waals surface area (Å²) in [6, 6.07) is 19.6. The molecule has 0 saturated carbocycles. The molecule has 0 fully saturated rings. The minimum absolute atomic E-state index is 0.0958. The number of rotatable bonds is 5. The Kier molecular flexibility index (Phi) is 5.24. The average molecular weight is 347 g/mol. The number of carbonyl (C=O) groups is 2. The van der Waals surface area contributed by atoms with E-state index >= 15 is 0 Å². The lowest BCUT2D eigenvalue weighted by Crippen LogP contribution is -2.34. The number of nitrogens with zero attached hydrogens (tertiary/aromatic N) is 1. The van der Waals surface area contributed by atoms with Crippen molar-refractivity contribution in [3.05, 3.63) is 77.9 Å². The molecular weight excluding hydrogens is 330 g/mol. The van der Waals surface area contributed by atoms with Gasteiger partial charge in [0.2, 0.25) is 0 Å². The van der Waals surface area contributed by atoms with Gasteiger partial charge in [-0.3, -0.25) is 9.59 Å². The SMILES string of the molecule is O=C(CNC(=O)c1ccccc1)NN=Cc1ccc2ccccc2c1O. The van der Waals surface area contributed by atoms with E-state index in [0.29, 0.717) is 16.5 Å². The maximum absolute atomic E-state index is 11.9. The Morgan fingerprint density at radius 1 is 0.962 bits per heavy atom. The smallest absolute Gasteiger partial charge is 0.259 e. The molecule has 3 aromatic carbocycles. The zero-order valence-corrected chi connectivity index (χ0v) is 13.8. The molecule has 0 radical (unpaired) electrons. The zero-order chi connectivity index (χ0) is 18.4. The molecule has 0 spiro atoms. The number of hydrogen-bond donors (Lipinski definition) is 3. The van der Waals surface area contributed by atoms with Gasteiger partial charge in [0.1, 0.15) is 5.75 Å². The van der Waals surface area contributed by atoms with Crippen molar-refractivity contribution in [3.63, 3.8) is 0 Å². The van der Waals surface area contributed by atoms with Crippen LogP contribution in [0.2, 0.25) is 0 Å². The van der Waals surface area contributed by atoms with E-state index in [4.69, 9.17) is 0 Å². The summed E-state index contributed by atoms with van der Waals surface area (Å²) in [5.41, 5.74) is 3.28. The van der Waals surface area contributed by atoms with E-state index in [1.165, 1.54) is 6.21 Å². The Morgan fingerprint density at radius 3 is 2.50 bits per heavy atom. The third kappa shape index (κ3) is 4.05. The fourth-order valence-corrected chi connectivity index (χ4v) is 2.44. The molecule has 3 rings (SSSR count). The van der Waals surface area contributed by atoms with E-state index in [1.807, 2.05) is 24.3 Å². The molecule has 3 N–H and O–H groups in total. The molecule has 0 heterocycles. The minimum Gasteiger partial charge on any atom is -0.507 e. The predicted octanol–water partition coefficient (Wildman–Crippen LogP) is 2.43. The molecule has 26 heavy (non-hydrogen) atoms. The van der Waals surface area contributed by atoms with Gasteiger partial charge in [0.05, 0.1) is 12.8 Å². The summed E-state index contributed by atoms with van der Waals surface area (Å²) in [6.45, 7) is -0.200. The van der Waals surface area contributed by atoms with Crippen LogP contribution in [0.15, 0.2) is 71.8 Å². The van der Waals surface area contributed by atoms with E-state index in [9.17, 15) is 14.7 Å². The minimum atomic E-state index is -0.467. The van der Waals surface area contributed by atoms with Crippen molar-refractivity contribution in [2.75, 3.05) is 6.54 Å². The van der Waals surface area contributed by atoms with E-state index < -0.39 is 5.91 Å². The molecule has 0 aromatic heterocycles. The Labute approximate surface area is 150 Å². The van der Waals surface area contributed by atoms with Crippen molar-refractivity contribution in [2.45, 2.75) is 0 Å². The highest BCUT2D eigenvalue weighted by atomic mass is 16.3. The summed E-state index contributed by atoms with van der Waals surface area (Å²) in [5, 5.41) is 18.2. The second-order valence-corrected chi connectivity index (χ2v) is 5.57. The molecule has 0 unspecified atom stereocenters. The number of fused-ring (bicyclic) bond motifs is 1. The number of hydrazone groups is 1. The van der Waals surface area contributed by atoms with Crippen LogP contribution in [0.5, 0.6) is 5.75 Å². The first-order chi connectivity index (χ1) is 12.6. The number of amides is 2. The third-order valence-corrected chi connectivity index (χ3v) is 3.77. The lowest BCUT2D eigenvalue weighted by Gasteiger charge is -2.05. The molecule has 3 aromatic rings. The lowest BCUT2D eigenvalue weighted by molar-refractivity contribution is -0.120. The van der Waals surface area contributed by atoms with Gasteiger partial charge < -0.3 is 10.4 Å². The van der Waals surface area contributed by atoms with Crippen LogP contribution in [0.4, 0.5) is 0 Å². The first-order valence-corrected chi connectivity index (χ1v) is 8.01. The number of aromatic hydroxyl groups is 1. The van der Waals surface area contributed by atoms with Gasteiger partial charge in [-0.1, -0.05) is 48.5 Å². The summed E-state index contributed by atoms with van der Waals surface area (Å²) < 4.78 is 0. The highest BCUT2D eigenvalue weighted by Gasteiger charge is 2.07. The van der Waals surface area contributed by atoms with Crippen LogP contribution in [0.3, 0.4) is 0 Å². The van der Waals surface area contributed by atoms with Gasteiger partial charge in [-0.05, 0) is 23.6 Å². The largest absolute Gasteiger partial charge is 0.507 e. The van der Waals surface area contributed by atoms with Crippen LogP contribution in [0, 0.1) is 0 Å². The van der Waals surface area contributed by atoms with Crippen LogP contribution in [-0.2, 0) is 4.79 Å². The van der Waals surface area contributed by atoms with Gasteiger partial charge in [0.25, 0.3) is 11.8 Å². The topological polar surface area (TPSA) is 90.8 Å². The van der Waals surface area contributed by atoms with Gasteiger partial charge in [-0.15, -0.1) is 0 Å². The van der Waals surface area contributed by atoms with Gasteiger partial charge in [0, 0.05) is 16.5 Å². The highest BCUT2D eigenvalue weighted by molar-refractivity contribution is 5.98. The van der Waals surface area contributed by atoms with Crippen LogP contribution < -0.4 is 10.7 Å². The monoisotopic (exact) mass is 347 g/mol. The van der Waals surface area contributed by atoms with Crippen molar-refractivity contribution in [1.29, 1.82) is 0 Å². The molecule has 0 atom stereocenters. The molecule has 0 saturated heterocycles. The molecule has 6 heteroatoms. The lowest BCUT2D eigenvalue weighted by atomic mass is 10.1. The molecule has 0 bridgehead atoms. The Morgan fingerprint density at radius 2 is 1.69 bits per heavy atom. The van der Waals surface area contributed by atoms with Crippen LogP contribution in [-0.4, -0.2) is 29.7 Å². The van der Waals surface area contributed by atoms with Gasteiger partial charge in [-0.25, -0.2) is 5.43 Å². The number of hydrogen-bond acceptors (Lipinski definition) is 4. The summed E-state index contributed by atoms with van der Waals surface area (Å²) in [4.78, 5) is 23.6. The first kappa shape index (κ1) is 17.2. The van der Waals surface area contributed by atoms with Crippen molar-refractivity contribution in [3.8, 4) is 5.75 Å². The van der Waals surface area contributed by atoms with E-state index in [0.717, 1.165) is 5.39 Å². The Hall–Kier alpha value is -3.67. The van der Waals surface area contributed by atoms with Crippen LogP contribution in [0.25, 0.3) is 10.8 Å². The summed E-state index contributed by atoms with van der Waals surface area (Å²) >= 11 is 0. The van der Waals surface area contributed by atoms with Crippen molar-refractivity contribution < 1.29 is 14.7 Å². The van der Waals surface area contributed by atoms with Gasteiger partial charge in [-0.2, -0.15) is 5.10 Å². The number of nitrogens with one attached hydrogen (secondary N) is 2. The van der Waals surface area contributed by atoms with Crippen LogP contribution in [0.1, 0.15) is 15.9 Å². The first-order valence-electron chi connectivity index (χ1n) is 8.01. The molecule has 0 aliphatic heterocycles. The summed E-state index contributed by atoms with van der Waals surface area (Å²) in [5.74, 6) is -0.707. The number of phenols is 1. The van der Waals surface area contributed by atoms with Crippen molar-refractivity contribution >= 4 is 28.8 Å². The molecule has 130 valence electrons. The Balaban J connectivity index is 1.56. The maximum Gasteiger partial charge on any atom is 0.259 e. The van der Waals surface area contributed by atoms with E-state index in [2.05, 4.69) is 15.8 Å². The van der Waals surface area contributed by atoms with Gasteiger partial charge >= 0.3 is 0 Å². The third-order valence-electron chi connectivity index (χ3n) is 3.77. The molecule has 0 aliphatic carbocycles. The Bertz CT molecular complexity index is 968. The second kappa shape index (κ2) is 7.94. The molecule has 2 amide bonds. The molecule has 0 aliphatic rings. The molecule has 6 nitrogen and oxygen atoms in total. The number of phenolic OH excluding ortho intramolecular Hbond substituents is 1. The van der Waals surface area contributed by atoms with E-state index in [1.54, 1.807) is 42.5 Å². The van der Waals surface area contributed by atoms with E-state index in [-0.39, 0.29) is 18.2 Å². The number of carbonyl (C=O) groups excluding carboxylic acids is 2. The van der Waals surface area contributed by atoms with Crippen LogP contribution >= 0.6 is 0 Å². The summed E-state index contributed by atoms with van der Waals surface area (Å²) in [7, 11) is 0. The average Bonchev–Trinajstić information content (AvgIpc) is 2.69. The maximum atomic E-state index is 11.9. The van der Waals surface area contributed by atoms with Gasteiger partial charge in [0.15, 0.2) is 0 Å². The zero-order valence-electron chi connectivity index (χ0n) is 13.8. The standard InChI is InChI=1S/C20H17N3O3/c24-18(13-21-20(26)15-7-2-1-3-8-15)23-22-12-16-11-10-14-6-4-5-9-17(14)19(16)25/h1-12,25H,13H2,(H,21,26)(H,23,24). The normalized spacial score (nSPS) is 10.8. The van der Waals surface area contributed by atoms with Crippen molar-refractivity contribution in [1.82, 2.24) is 10.7 Å². The molecular formula is C20H17N3O3. The second-order valence-electron chi connectivity index (χ2n) is 5.57.